The van der Waals surface area contributed by atoms with Gasteiger partial charge in [-0.25, -0.2) is 4.79 Å². The fraction of sp³-hybridized carbons (Fsp3) is 0.115. The van der Waals surface area contributed by atoms with Crippen LogP contribution >= 0.6 is 0 Å². The van der Waals surface area contributed by atoms with E-state index in [1.807, 2.05) is 60.7 Å². The molecule has 1 aromatic heterocycles. The van der Waals surface area contributed by atoms with Crippen molar-refractivity contribution in [3.63, 3.8) is 0 Å². The minimum absolute atomic E-state index is 0.0995. The van der Waals surface area contributed by atoms with Crippen LogP contribution in [0.25, 0.3) is 0 Å². The molecule has 7 heteroatoms. The zero-order valence-electron chi connectivity index (χ0n) is 17.8. The Morgan fingerprint density at radius 3 is 1.79 bits per heavy atom. The molecule has 4 aromatic rings. The first-order valence-corrected chi connectivity index (χ1v) is 10.4. The lowest BCUT2D eigenvalue weighted by Crippen LogP contribution is -2.20. The van der Waals surface area contributed by atoms with Gasteiger partial charge in [0.2, 0.25) is 11.8 Å². The molecule has 0 amide bonds. The molecule has 33 heavy (non-hydrogen) atoms. The highest BCUT2D eigenvalue weighted by Gasteiger charge is 2.15. The van der Waals surface area contributed by atoms with Gasteiger partial charge in [-0.3, -0.25) is 0 Å². The summed E-state index contributed by atoms with van der Waals surface area (Å²) in [6, 6.07) is 27.2. The van der Waals surface area contributed by atoms with E-state index in [1.165, 1.54) is 12.1 Å². The van der Waals surface area contributed by atoms with E-state index in [1.54, 1.807) is 18.2 Å². The fourth-order valence-corrected chi connectivity index (χ4v) is 3.16. The molecule has 0 atom stereocenters. The summed E-state index contributed by atoms with van der Waals surface area (Å²) < 4.78 is 12.7. The SMILES string of the molecule is O=C(Cc1ccc(OCc2ccccc2)c(OCc2ccccc2)c1)On1c(O)ccc1O. The third kappa shape index (κ3) is 5.86. The number of carbonyl (C=O) groups excluding carboxylic acids is 1. The van der Waals surface area contributed by atoms with Crippen molar-refractivity contribution >= 4 is 5.97 Å². The topological polar surface area (TPSA) is 90.2 Å². The standard InChI is InChI=1S/C26H23NO6/c28-24-13-14-25(29)27(24)33-26(30)16-21-11-12-22(31-17-19-7-3-1-4-8-19)23(15-21)32-18-20-9-5-2-6-10-20/h1-15,28-29H,16-18H2. The highest BCUT2D eigenvalue weighted by molar-refractivity contribution is 5.73. The van der Waals surface area contributed by atoms with Gasteiger partial charge in [0.05, 0.1) is 6.42 Å². The number of ether oxygens (including phenoxy) is 2. The lowest BCUT2D eigenvalue weighted by molar-refractivity contribution is -0.144. The van der Waals surface area contributed by atoms with Crippen molar-refractivity contribution in [3.05, 3.63) is 108 Å². The van der Waals surface area contributed by atoms with Crippen molar-refractivity contribution in [2.45, 2.75) is 19.6 Å². The van der Waals surface area contributed by atoms with Crippen molar-refractivity contribution < 1.29 is 29.3 Å². The summed E-state index contributed by atoms with van der Waals surface area (Å²) in [4.78, 5) is 17.4. The molecule has 0 spiro atoms. The fourth-order valence-electron chi connectivity index (χ4n) is 3.16. The van der Waals surface area contributed by atoms with E-state index in [9.17, 15) is 15.0 Å². The first-order chi connectivity index (χ1) is 16.1. The Labute approximate surface area is 191 Å². The molecule has 0 saturated heterocycles. The molecule has 0 bridgehead atoms. The summed E-state index contributed by atoms with van der Waals surface area (Å²) in [6.07, 6.45) is -0.0995. The van der Waals surface area contributed by atoms with E-state index in [0.29, 0.717) is 35.0 Å². The highest BCUT2D eigenvalue weighted by atomic mass is 16.7. The first kappa shape index (κ1) is 21.8. The Kier molecular flexibility index (Phi) is 6.80. The van der Waals surface area contributed by atoms with Gasteiger partial charge >= 0.3 is 5.97 Å². The first-order valence-electron chi connectivity index (χ1n) is 10.4. The number of aromatic nitrogens is 1. The van der Waals surface area contributed by atoms with Gasteiger partial charge in [0.25, 0.3) is 0 Å². The normalized spacial score (nSPS) is 10.5. The summed E-state index contributed by atoms with van der Waals surface area (Å²) in [5.74, 6) is -0.377. The molecule has 3 aromatic carbocycles. The third-order valence-electron chi connectivity index (χ3n) is 4.82. The van der Waals surface area contributed by atoms with Gasteiger partial charge in [0.1, 0.15) is 13.2 Å². The van der Waals surface area contributed by atoms with E-state index in [4.69, 9.17) is 14.3 Å². The van der Waals surface area contributed by atoms with Gasteiger partial charge in [0, 0.05) is 12.1 Å². The predicted molar refractivity (Wildman–Crippen MR) is 121 cm³/mol. The van der Waals surface area contributed by atoms with Crippen LogP contribution in [0.5, 0.6) is 23.3 Å². The van der Waals surface area contributed by atoms with Crippen LogP contribution in [0.1, 0.15) is 16.7 Å². The number of benzene rings is 3. The zero-order valence-corrected chi connectivity index (χ0v) is 17.8. The Morgan fingerprint density at radius 2 is 1.21 bits per heavy atom. The summed E-state index contributed by atoms with van der Waals surface area (Å²) >= 11 is 0. The Bertz CT molecular complexity index is 1180. The van der Waals surface area contributed by atoms with E-state index >= 15 is 0 Å². The Balaban J connectivity index is 1.49. The van der Waals surface area contributed by atoms with Gasteiger partial charge in [-0.05, 0) is 28.8 Å². The van der Waals surface area contributed by atoms with E-state index in [-0.39, 0.29) is 18.2 Å². The van der Waals surface area contributed by atoms with Crippen LogP contribution < -0.4 is 14.3 Å². The van der Waals surface area contributed by atoms with Crippen LogP contribution in [-0.4, -0.2) is 20.9 Å². The van der Waals surface area contributed by atoms with E-state index < -0.39 is 5.97 Å². The van der Waals surface area contributed by atoms with Crippen molar-refractivity contribution in [1.29, 1.82) is 0 Å². The van der Waals surface area contributed by atoms with Crippen LogP contribution in [0.3, 0.4) is 0 Å². The second kappa shape index (κ2) is 10.3. The summed E-state index contributed by atoms with van der Waals surface area (Å²) in [5, 5.41) is 19.3. The average molecular weight is 445 g/mol. The summed E-state index contributed by atoms with van der Waals surface area (Å²) in [5.41, 5.74) is 2.64. The van der Waals surface area contributed by atoms with Crippen LogP contribution in [0.4, 0.5) is 0 Å². The molecule has 7 nitrogen and oxygen atoms in total. The molecule has 0 aliphatic carbocycles. The molecule has 168 valence electrons. The third-order valence-corrected chi connectivity index (χ3v) is 4.82. The number of hydrogen-bond donors (Lipinski definition) is 2. The van der Waals surface area contributed by atoms with Gasteiger partial charge in [-0.1, -0.05) is 66.7 Å². The second-order valence-electron chi connectivity index (χ2n) is 7.31. The molecular formula is C26H23NO6. The minimum atomic E-state index is -0.663. The zero-order chi connectivity index (χ0) is 23.0. The highest BCUT2D eigenvalue weighted by Crippen LogP contribution is 2.30. The molecule has 2 N–H and O–H groups in total. The maximum absolute atomic E-state index is 12.3. The molecule has 0 aliphatic heterocycles. The Morgan fingerprint density at radius 1 is 0.667 bits per heavy atom. The van der Waals surface area contributed by atoms with Crippen LogP contribution in [-0.2, 0) is 24.4 Å². The molecule has 0 saturated carbocycles. The maximum atomic E-state index is 12.3. The molecule has 0 aliphatic rings. The van der Waals surface area contributed by atoms with Crippen molar-refractivity contribution in [2.24, 2.45) is 0 Å². The molecule has 0 unspecified atom stereocenters. The van der Waals surface area contributed by atoms with Gasteiger partial charge in [0.15, 0.2) is 11.5 Å². The lowest BCUT2D eigenvalue weighted by atomic mass is 10.1. The second-order valence-corrected chi connectivity index (χ2v) is 7.31. The van der Waals surface area contributed by atoms with E-state index in [0.717, 1.165) is 11.1 Å². The molecular weight excluding hydrogens is 422 g/mol. The number of carbonyl (C=O) groups is 1. The Hall–Kier alpha value is -4.39. The number of hydrogen-bond acceptors (Lipinski definition) is 6. The number of rotatable bonds is 9. The lowest BCUT2D eigenvalue weighted by Gasteiger charge is -2.15. The van der Waals surface area contributed by atoms with Crippen molar-refractivity contribution in [1.82, 2.24) is 4.73 Å². The number of aromatic hydroxyl groups is 2. The van der Waals surface area contributed by atoms with Crippen LogP contribution in [0, 0.1) is 0 Å². The maximum Gasteiger partial charge on any atom is 0.337 e. The minimum Gasteiger partial charge on any atom is -0.492 e. The quantitative estimate of drug-likeness (QED) is 0.400. The molecule has 0 fully saturated rings. The van der Waals surface area contributed by atoms with Crippen LogP contribution in [0.2, 0.25) is 0 Å². The summed E-state index contributed by atoms with van der Waals surface area (Å²) in [7, 11) is 0. The monoisotopic (exact) mass is 445 g/mol. The van der Waals surface area contributed by atoms with E-state index in [2.05, 4.69) is 0 Å². The number of nitrogens with zero attached hydrogens (tertiary/aromatic N) is 1. The molecule has 1 heterocycles. The van der Waals surface area contributed by atoms with Crippen molar-refractivity contribution in [2.75, 3.05) is 0 Å². The van der Waals surface area contributed by atoms with Crippen molar-refractivity contribution in [3.8, 4) is 23.3 Å². The van der Waals surface area contributed by atoms with Gasteiger partial charge < -0.3 is 24.5 Å². The molecule has 4 rings (SSSR count). The average Bonchev–Trinajstić information content (AvgIpc) is 3.15. The van der Waals surface area contributed by atoms with Gasteiger partial charge in [-0.2, -0.15) is 0 Å². The predicted octanol–water partition coefficient (Wildman–Crippen LogP) is 4.26. The molecule has 0 radical (unpaired) electrons. The van der Waals surface area contributed by atoms with Crippen LogP contribution in [0.15, 0.2) is 91.0 Å². The van der Waals surface area contributed by atoms with Gasteiger partial charge in [-0.15, -0.1) is 4.73 Å². The summed E-state index contributed by atoms with van der Waals surface area (Å²) in [6.45, 7) is 0.706. The largest absolute Gasteiger partial charge is 0.492 e. The smallest absolute Gasteiger partial charge is 0.337 e.